The normalized spacial score (nSPS) is 20.4. The highest BCUT2D eigenvalue weighted by molar-refractivity contribution is 5.61. The molecule has 29 heavy (non-hydrogen) atoms. The Bertz CT molecular complexity index is 761. The van der Waals surface area contributed by atoms with Gasteiger partial charge >= 0.3 is 0 Å². The molecule has 1 aliphatic heterocycles. The molecule has 0 amide bonds. The number of piperidine rings is 1. The van der Waals surface area contributed by atoms with Crippen LogP contribution in [0.4, 0.5) is 5.82 Å². The number of nitrogens with one attached hydrogen (secondary N) is 1. The van der Waals surface area contributed by atoms with Crippen LogP contribution in [-0.2, 0) is 4.79 Å². The van der Waals surface area contributed by atoms with Crippen LogP contribution in [0, 0.1) is 0 Å². The Balaban J connectivity index is 0.000000755. The summed E-state index contributed by atoms with van der Waals surface area (Å²) in [4.78, 5) is 25.3. The second-order valence-corrected chi connectivity index (χ2v) is 8.05. The molecule has 1 aliphatic carbocycles. The SMILES string of the molecule is CC=O.CN1CCCC(c2nc(NC3CCCCC3)cc(-c3cccnc3)n2)C1. The number of likely N-dealkylation sites (tertiary alicyclic amines) is 1. The summed E-state index contributed by atoms with van der Waals surface area (Å²) >= 11 is 0. The number of anilines is 1. The number of aldehydes is 1. The van der Waals surface area contributed by atoms with Crippen LogP contribution in [0.15, 0.2) is 30.6 Å². The van der Waals surface area contributed by atoms with E-state index < -0.39 is 0 Å². The van der Waals surface area contributed by atoms with Gasteiger partial charge in [0.05, 0.1) is 5.69 Å². The Kier molecular flexibility index (Phi) is 8.11. The standard InChI is InChI=1S/C21H29N5.C2H4O/c1-26-12-6-8-17(15-26)21-24-19(16-7-5-11-22-14-16)13-20(25-21)23-18-9-3-2-4-10-18;1-2-3/h5,7,11,13-14,17-18H,2-4,6,8-10,12,15H2,1H3,(H,23,24,25);2H,1H3. The Morgan fingerprint density at radius 1 is 1.14 bits per heavy atom. The van der Waals surface area contributed by atoms with Gasteiger partial charge in [0.2, 0.25) is 0 Å². The predicted molar refractivity (Wildman–Crippen MR) is 117 cm³/mol. The minimum absolute atomic E-state index is 0.414. The van der Waals surface area contributed by atoms with Crippen molar-refractivity contribution in [1.29, 1.82) is 0 Å². The lowest BCUT2D eigenvalue weighted by Gasteiger charge is -2.29. The third kappa shape index (κ3) is 6.32. The number of hydrogen-bond donors (Lipinski definition) is 1. The fraction of sp³-hybridized carbons (Fsp3) is 0.565. The molecule has 1 N–H and O–H groups in total. The van der Waals surface area contributed by atoms with Crippen molar-refractivity contribution in [3.05, 3.63) is 36.4 Å². The lowest BCUT2D eigenvalue weighted by molar-refractivity contribution is -0.106. The minimum atomic E-state index is 0.414. The quantitative estimate of drug-likeness (QED) is 0.779. The molecule has 3 heterocycles. The highest BCUT2D eigenvalue weighted by Gasteiger charge is 2.23. The molecule has 1 unspecified atom stereocenters. The third-order valence-electron chi connectivity index (χ3n) is 5.65. The first-order chi connectivity index (χ1) is 14.2. The molecule has 0 radical (unpaired) electrons. The van der Waals surface area contributed by atoms with E-state index in [-0.39, 0.29) is 0 Å². The van der Waals surface area contributed by atoms with Gasteiger partial charge in [-0.05, 0) is 58.3 Å². The average molecular weight is 396 g/mol. The fourth-order valence-corrected chi connectivity index (χ4v) is 4.22. The van der Waals surface area contributed by atoms with Gasteiger partial charge in [0.1, 0.15) is 17.9 Å². The number of pyridine rings is 1. The second-order valence-electron chi connectivity index (χ2n) is 8.05. The molecule has 1 saturated carbocycles. The van der Waals surface area contributed by atoms with Gasteiger partial charge in [-0.3, -0.25) is 4.98 Å². The summed E-state index contributed by atoms with van der Waals surface area (Å²) in [5.41, 5.74) is 2.04. The van der Waals surface area contributed by atoms with E-state index in [0.29, 0.717) is 12.0 Å². The van der Waals surface area contributed by atoms with Crippen molar-refractivity contribution in [2.24, 2.45) is 0 Å². The van der Waals surface area contributed by atoms with Crippen molar-refractivity contribution in [3.8, 4) is 11.3 Å². The molecule has 156 valence electrons. The maximum Gasteiger partial charge on any atom is 0.135 e. The highest BCUT2D eigenvalue weighted by atomic mass is 16.1. The van der Waals surface area contributed by atoms with Crippen LogP contribution in [-0.4, -0.2) is 52.3 Å². The van der Waals surface area contributed by atoms with E-state index in [1.54, 1.807) is 0 Å². The predicted octanol–water partition coefficient (Wildman–Crippen LogP) is 4.30. The van der Waals surface area contributed by atoms with Crippen LogP contribution in [0.1, 0.15) is 63.6 Å². The lowest BCUT2D eigenvalue weighted by atomic mass is 9.95. The van der Waals surface area contributed by atoms with Crippen molar-refractivity contribution in [2.45, 2.75) is 63.8 Å². The first-order valence-electron chi connectivity index (χ1n) is 10.8. The molecule has 6 heteroatoms. The van der Waals surface area contributed by atoms with Crippen molar-refractivity contribution in [1.82, 2.24) is 19.9 Å². The fourth-order valence-electron chi connectivity index (χ4n) is 4.22. The zero-order valence-electron chi connectivity index (χ0n) is 17.7. The van der Waals surface area contributed by atoms with Gasteiger partial charge in [-0.15, -0.1) is 0 Å². The summed E-state index contributed by atoms with van der Waals surface area (Å²) in [5.74, 6) is 2.38. The average Bonchev–Trinajstić information content (AvgIpc) is 2.75. The van der Waals surface area contributed by atoms with Gasteiger partial charge in [0.25, 0.3) is 0 Å². The summed E-state index contributed by atoms with van der Waals surface area (Å²) in [6, 6.07) is 6.69. The molecular formula is C23H33N5O. The van der Waals surface area contributed by atoms with Gasteiger partial charge in [-0.2, -0.15) is 0 Å². The van der Waals surface area contributed by atoms with E-state index in [1.165, 1.54) is 58.4 Å². The summed E-state index contributed by atoms with van der Waals surface area (Å²) in [6.45, 7) is 3.66. The van der Waals surface area contributed by atoms with E-state index in [9.17, 15) is 0 Å². The molecule has 2 aliphatic rings. The number of aromatic nitrogens is 3. The molecule has 1 atom stereocenters. The van der Waals surface area contributed by atoms with E-state index >= 15 is 0 Å². The number of carbonyl (C=O) groups excluding carboxylic acids is 1. The minimum Gasteiger partial charge on any atom is -0.367 e. The van der Waals surface area contributed by atoms with Crippen molar-refractivity contribution < 1.29 is 4.79 Å². The lowest BCUT2D eigenvalue weighted by Crippen LogP contribution is -2.32. The molecule has 2 fully saturated rings. The summed E-state index contributed by atoms with van der Waals surface area (Å²) in [7, 11) is 2.19. The number of rotatable bonds is 4. The number of nitrogens with zero attached hydrogens (tertiary/aromatic N) is 4. The molecular weight excluding hydrogens is 362 g/mol. The smallest absolute Gasteiger partial charge is 0.135 e. The highest BCUT2D eigenvalue weighted by Crippen LogP contribution is 2.29. The van der Waals surface area contributed by atoms with E-state index in [2.05, 4.69) is 34.4 Å². The third-order valence-corrected chi connectivity index (χ3v) is 5.65. The molecule has 1 saturated heterocycles. The Morgan fingerprint density at radius 2 is 1.93 bits per heavy atom. The van der Waals surface area contributed by atoms with E-state index in [4.69, 9.17) is 14.8 Å². The van der Waals surface area contributed by atoms with Crippen molar-refractivity contribution >= 4 is 12.1 Å². The zero-order valence-corrected chi connectivity index (χ0v) is 17.7. The van der Waals surface area contributed by atoms with Gasteiger partial charge < -0.3 is 15.0 Å². The van der Waals surface area contributed by atoms with Crippen LogP contribution in [0.3, 0.4) is 0 Å². The maximum atomic E-state index is 8.81. The molecule has 0 bridgehead atoms. The number of hydrogen-bond acceptors (Lipinski definition) is 6. The molecule has 2 aromatic heterocycles. The van der Waals surface area contributed by atoms with Crippen LogP contribution in [0.2, 0.25) is 0 Å². The molecule has 6 nitrogen and oxygen atoms in total. The van der Waals surface area contributed by atoms with Crippen molar-refractivity contribution in [2.75, 3.05) is 25.5 Å². The molecule has 2 aromatic rings. The molecule has 0 aromatic carbocycles. The summed E-state index contributed by atoms with van der Waals surface area (Å²) < 4.78 is 0. The van der Waals surface area contributed by atoms with Gasteiger partial charge in [0, 0.05) is 42.5 Å². The van der Waals surface area contributed by atoms with Crippen LogP contribution in [0.5, 0.6) is 0 Å². The Labute approximate surface area is 174 Å². The van der Waals surface area contributed by atoms with E-state index in [1.807, 2.05) is 18.5 Å². The maximum absolute atomic E-state index is 8.81. The molecule has 0 spiro atoms. The molecule has 4 rings (SSSR count). The van der Waals surface area contributed by atoms with Gasteiger partial charge in [-0.1, -0.05) is 19.3 Å². The number of likely N-dealkylation sites (N-methyl/N-ethyl adjacent to an activating group) is 1. The van der Waals surface area contributed by atoms with Crippen LogP contribution in [0.25, 0.3) is 11.3 Å². The Hall–Kier alpha value is -2.34. The first-order valence-corrected chi connectivity index (χ1v) is 10.8. The topological polar surface area (TPSA) is 71.0 Å². The van der Waals surface area contributed by atoms with E-state index in [0.717, 1.165) is 35.7 Å². The van der Waals surface area contributed by atoms with Crippen LogP contribution >= 0.6 is 0 Å². The summed E-state index contributed by atoms with van der Waals surface area (Å²) in [5, 5.41) is 3.70. The zero-order chi connectivity index (χ0) is 20.5. The second kappa shape index (κ2) is 11.0. The monoisotopic (exact) mass is 395 g/mol. The van der Waals surface area contributed by atoms with Crippen molar-refractivity contribution in [3.63, 3.8) is 0 Å². The van der Waals surface area contributed by atoms with Gasteiger partial charge in [-0.25, -0.2) is 9.97 Å². The first kappa shape index (κ1) is 21.4. The Morgan fingerprint density at radius 3 is 2.62 bits per heavy atom. The summed E-state index contributed by atoms with van der Waals surface area (Å²) in [6.07, 6.45) is 13.3. The largest absolute Gasteiger partial charge is 0.367 e. The van der Waals surface area contributed by atoms with Crippen LogP contribution < -0.4 is 5.32 Å². The number of carbonyl (C=O) groups is 1. The van der Waals surface area contributed by atoms with Gasteiger partial charge in [0.15, 0.2) is 0 Å².